The summed E-state index contributed by atoms with van der Waals surface area (Å²) in [4.78, 5) is 11.1. The Morgan fingerprint density at radius 3 is 2.24 bits per heavy atom. The van der Waals surface area contributed by atoms with Crippen molar-refractivity contribution in [2.45, 2.75) is 31.5 Å². The third-order valence-corrected chi connectivity index (χ3v) is 6.16. The first-order valence-electron chi connectivity index (χ1n) is 11.0. The van der Waals surface area contributed by atoms with Gasteiger partial charge in [-0.05, 0) is 30.5 Å². The summed E-state index contributed by atoms with van der Waals surface area (Å²) in [7, 11) is 0. The molecular weight excluding hydrogens is 419 g/mol. The van der Waals surface area contributed by atoms with Gasteiger partial charge in [-0.15, -0.1) is 0 Å². The highest BCUT2D eigenvalue weighted by Crippen LogP contribution is 2.53. The Bertz CT molecular complexity index is 1110. The molecule has 0 radical (unpaired) electrons. The summed E-state index contributed by atoms with van der Waals surface area (Å²) >= 11 is 0. The van der Waals surface area contributed by atoms with Crippen molar-refractivity contribution in [2.24, 2.45) is 5.92 Å². The molecule has 1 fully saturated rings. The normalized spacial score (nSPS) is 22.5. The standard InChI is InChI=1S/C28H27FO4/c1-18(2)22-16-23(19-10-5-3-6-11-19)26(20-12-7-4-8-13-20)33-27(22)21-14-9-15-24(29)28(21)32-17-25(30)31/h3-15,22-23,26-27H,1,16-17H2,2H3,(H,30,31)/t22-,23-,26+,27-/m1/s1. The van der Waals surface area contributed by atoms with Crippen LogP contribution in [0.25, 0.3) is 0 Å². The van der Waals surface area contributed by atoms with Crippen molar-refractivity contribution in [3.05, 3.63) is 114 Å². The molecule has 1 N–H and O–H groups in total. The van der Waals surface area contributed by atoms with Crippen molar-refractivity contribution in [1.29, 1.82) is 0 Å². The van der Waals surface area contributed by atoms with Crippen molar-refractivity contribution in [2.75, 3.05) is 6.61 Å². The maximum absolute atomic E-state index is 14.7. The molecule has 1 aliphatic rings. The Kier molecular flexibility index (Phi) is 6.90. The first-order chi connectivity index (χ1) is 16.0. The zero-order valence-corrected chi connectivity index (χ0v) is 18.5. The SMILES string of the molecule is C=C(C)[C@H]1C[C@H](c2ccccc2)[C@H](c2ccccc2)O[C@@H]1c1cccc(F)c1OCC(=O)O. The second kappa shape index (κ2) is 10.0. The van der Waals surface area contributed by atoms with E-state index in [4.69, 9.17) is 14.6 Å². The highest BCUT2D eigenvalue weighted by molar-refractivity contribution is 5.68. The van der Waals surface area contributed by atoms with Crippen LogP contribution < -0.4 is 4.74 Å². The minimum atomic E-state index is -1.17. The number of hydrogen-bond donors (Lipinski definition) is 1. The van der Waals surface area contributed by atoms with Crippen molar-refractivity contribution in [1.82, 2.24) is 0 Å². The first-order valence-corrected chi connectivity index (χ1v) is 11.0. The molecule has 0 amide bonds. The molecule has 3 aromatic carbocycles. The molecule has 33 heavy (non-hydrogen) atoms. The minimum absolute atomic E-state index is 0.0727. The molecule has 5 heteroatoms. The molecule has 1 aliphatic heterocycles. The molecule has 4 nitrogen and oxygen atoms in total. The second-order valence-corrected chi connectivity index (χ2v) is 8.43. The molecule has 0 aliphatic carbocycles. The number of carboxylic acids is 1. The summed E-state index contributed by atoms with van der Waals surface area (Å²) in [5.41, 5.74) is 3.61. The smallest absolute Gasteiger partial charge is 0.341 e. The average Bonchev–Trinajstić information content (AvgIpc) is 2.83. The molecule has 4 rings (SSSR count). The van der Waals surface area contributed by atoms with E-state index in [0.717, 1.165) is 23.1 Å². The Hall–Kier alpha value is -3.44. The van der Waals surface area contributed by atoms with Crippen molar-refractivity contribution in [3.8, 4) is 5.75 Å². The fourth-order valence-corrected chi connectivity index (χ4v) is 4.62. The van der Waals surface area contributed by atoms with E-state index >= 15 is 0 Å². The van der Waals surface area contributed by atoms with Crippen LogP contribution in [0.3, 0.4) is 0 Å². The number of carbonyl (C=O) groups is 1. The largest absolute Gasteiger partial charge is 0.479 e. The Morgan fingerprint density at radius 1 is 1.00 bits per heavy atom. The van der Waals surface area contributed by atoms with Crippen molar-refractivity contribution in [3.63, 3.8) is 0 Å². The highest BCUT2D eigenvalue weighted by atomic mass is 19.1. The van der Waals surface area contributed by atoms with Crippen LogP contribution in [0.1, 0.15) is 48.2 Å². The fraction of sp³-hybridized carbons (Fsp3) is 0.250. The van der Waals surface area contributed by atoms with Gasteiger partial charge in [-0.2, -0.15) is 0 Å². The van der Waals surface area contributed by atoms with Gasteiger partial charge in [0.1, 0.15) is 0 Å². The van der Waals surface area contributed by atoms with E-state index in [0.29, 0.717) is 5.56 Å². The van der Waals surface area contributed by atoms with Crippen LogP contribution >= 0.6 is 0 Å². The van der Waals surface area contributed by atoms with Crippen LogP contribution in [-0.2, 0) is 9.53 Å². The summed E-state index contributed by atoms with van der Waals surface area (Å²) in [5.74, 6) is -1.90. The topological polar surface area (TPSA) is 55.8 Å². The molecule has 170 valence electrons. The zero-order valence-electron chi connectivity index (χ0n) is 18.5. The monoisotopic (exact) mass is 446 g/mol. The average molecular weight is 447 g/mol. The summed E-state index contributed by atoms with van der Waals surface area (Å²) < 4.78 is 26.9. The number of rotatable bonds is 7. The minimum Gasteiger partial charge on any atom is -0.479 e. The number of ether oxygens (including phenoxy) is 2. The summed E-state index contributed by atoms with van der Waals surface area (Å²) in [6.07, 6.45) is -0.0599. The van der Waals surface area contributed by atoms with Crippen LogP contribution in [0.15, 0.2) is 91.0 Å². The van der Waals surface area contributed by atoms with E-state index < -0.39 is 24.5 Å². The van der Waals surface area contributed by atoms with Crippen LogP contribution in [0, 0.1) is 11.7 Å². The van der Waals surface area contributed by atoms with Gasteiger partial charge in [0.2, 0.25) is 0 Å². The lowest BCUT2D eigenvalue weighted by atomic mass is 9.74. The molecule has 3 aromatic rings. The van der Waals surface area contributed by atoms with Gasteiger partial charge in [-0.25, -0.2) is 9.18 Å². The van der Waals surface area contributed by atoms with E-state index in [1.54, 1.807) is 12.1 Å². The van der Waals surface area contributed by atoms with Crippen molar-refractivity contribution >= 4 is 5.97 Å². The third kappa shape index (κ3) is 4.99. The summed E-state index contributed by atoms with van der Waals surface area (Å²) in [6, 6.07) is 24.8. The van der Waals surface area contributed by atoms with E-state index in [9.17, 15) is 9.18 Å². The van der Waals surface area contributed by atoms with E-state index in [1.165, 1.54) is 6.07 Å². The van der Waals surface area contributed by atoms with Crippen LogP contribution in [0.2, 0.25) is 0 Å². The molecule has 4 atom stereocenters. The molecule has 0 bridgehead atoms. The van der Waals surface area contributed by atoms with Gasteiger partial charge < -0.3 is 14.6 Å². The number of halogens is 1. The van der Waals surface area contributed by atoms with Gasteiger partial charge in [0.15, 0.2) is 18.2 Å². The second-order valence-electron chi connectivity index (χ2n) is 8.43. The lowest BCUT2D eigenvalue weighted by Gasteiger charge is -2.43. The molecule has 1 heterocycles. The van der Waals surface area contributed by atoms with Gasteiger partial charge in [0.05, 0.1) is 12.2 Å². The number of carboxylic acid groups (broad SMARTS) is 1. The number of para-hydroxylation sites is 1. The van der Waals surface area contributed by atoms with E-state index in [1.807, 2.05) is 55.5 Å². The fourth-order valence-electron chi connectivity index (χ4n) is 4.62. The maximum Gasteiger partial charge on any atom is 0.341 e. The van der Waals surface area contributed by atoms with Crippen LogP contribution in [0.5, 0.6) is 5.75 Å². The Labute approximate surface area is 193 Å². The number of hydrogen-bond acceptors (Lipinski definition) is 3. The summed E-state index contributed by atoms with van der Waals surface area (Å²) in [6.45, 7) is 5.51. The Balaban J connectivity index is 1.79. The summed E-state index contributed by atoms with van der Waals surface area (Å²) in [5, 5.41) is 9.07. The first kappa shape index (κ1) is 22.7. The van der Waals surface area contributed by atoms with E-state index in [-0.39, 0.29) is 23.7 Å². The predicted molar refractivity (Wildman–Crippen MR) is 125 cm³/mol. The predicted octanol–water partition coefficient (Wildman–Crippen LogP) is 6.47. The molecule has 1 saturated heterocycles. The molecule has 0 aromatic heterocycles. The quantitative estimate of drug-likeness (QED) is 0.423. The van der Waals surface area contributed by atoms with Gasteiger partial charge in [0.25, 0.3) is 0 Å². The molecule has 0 spiro atoms. The van der Waals surface area contributed by atoms with Gasteiger partial charge >= 0.3 is 5.97 Å². The zero-order chi connectivity index (χ0) is 23.4. The molecular formula is C28H27FO4. The number of benzene rings is 3. The van der Waals surface area contributed by atoms with Gasteiger partial charge in [-0.3, -0.25) is 0 Å². The third-order valence-electron chi connectivity index (χ3n) is 6.16. The Morgan fingerprint density at radius 2 is 1.64 bits per heavy atom. The maximum atomic E-state index is 14.7. The van der Waals surface area contributed by atoms with Crippen LogP contribution in [0.4, 0.5) is 4.39 Å². The molecule has 0 saturated carbocycles. The molecule has 0 unspecified atom stereocenters. The van der Waals surface area contributed by atoms with E-state index in [2.05, 4.69) is 18.7 Å². The van der Waals surface area contributed by atoms with Crippen molar-refractivity contribution < 1.29 is 23.8 Å². The van der Waals surface area contributed by atoms with Gasteiger partial charge in [0, 0.05) is 17.4 Å². The highest BCUT2D eigenvalue weighted by Gasteiger charge is 2.41. The number of aliphatic carboxylic acids is 1. The lowest BCUT2D eigenvalue weighted by molar-refractivity contribution is -0.139. The van der Waals surface area contributed by atoms with Crippen LogP contribution in [-0.4, -0.2) is 17.7 Å². The van der Waals surface area contributed by atoms with Gasteiger partial charge in [-0.1, -0.05) is 84.9 Å². The lowest BCUT2D eigenvalue weighted by Crippen LogP contribution is -2.32.